The summed E-state index contributed by atoms with van der Waals surface area (Å²) in [5, 5.41) is 1.82. The van der Waals surface area contributed by atoms with Gasteiger partial charge in [0.15, 0.2) is 0 Å². The average Bonchev–Trinajstić information content (AvgIpc) is 3.21. The third-order valence-electron chi connectivity index (χ3n) is 3.48. The molecule has 0 aliphatic heterocycles. The van der Waals surface area contributed by atoms with Crippen molar-refractivity contribution < 1.29 is 8.42 Å². The lowest BCUT2D eigenvalue weighted by Crippen LogP contribution is -2.34. The molecule has 0 N–H and O–H groups in total. The van der Waals surface area contributed by atoms with Gasteiger partial charge in [-0.1, -0.05) is 0 Å². The lowest BCUT2D eigenvalue weighted by atomic mass is 10.4. The molecule has 0 saturated heterocycles. The van der Waals surface area contributed by atoms with E-state index >= 15 is 0 Å². The van der Waals surface area contributed by atoms with Gasteiger partial charge in [0.25, 0.3) is 10.0 Å². The zero-order valence-electron chi connectivity index (χ0n) is 10.0. The van der Waals surface area contributed by atoms with Crippen molar-refractivity contribution in [2.75, 3.05) is 13.1 Å². The van der Waals surface area contributed by atoms with Crippen molar-refractivity contribution >= 4 is 37.3 Å². The second kappa shape index (κ2) is 4.89. The number of halogens is 1. The van der Waals surface area contributed by atoms with Crippen molar-refractivity contribution in [3.8, 4) is 0 Å². The van der Waals surface area contributed by atoms with Gasteiger partial charge < -0.3 is 0 Å². The maximum absolute atomic E-state index is 12.6. The molecule has 0 radical (unpaired) electrons. The molecule has 3 nitrogen and oxygen atoms in total. The molecule has 0 aromatic carbocycles. The Morgan fingerprint density at radius 1 is 1.22 bits per heavy atom. The highest BCUT2D eigenvalue weighted by atomic mass is 79.9. The SMILES string of the molecule is O=S(=O)(c1sccc1Br)N(CC1CC1)CC1CC1. The molecule has 1 aromatic heterocycles. The van der Waals surface area contributed by atoms with E-state index in [0.717, 1.165) is 0 Å². The van der Waals surface area contributed by atoms with Gasteiger partial charge in [-0.25, -0.2) is 8.42 Å². The minimum Gasteiger partial charge on any atom is -0.206 e. The monoisotopic (exact) mass is 349 g/mol. The number of hydrogen-bond acceptors (Lipinski definition) is 3. The molecule has 6 heteroatoms. The van der Waals surface area contributed by atoms with Gasteiger partial charge in [0.2, 0.25) is 0 Å². The van der Waals surface area contributed by atoms with Crippen LogP contribution in [0, 0.1) is 11.8 Å². The highest BCUT2D eigenvalue weighted by Crippen LogP contribution is 2.38. The van der Waals surface area contributed by atoms with Crippen LogP contribution in [0.5, 0.6) is 0 Å². The molecule has 100 valence electrons. The fourth-order valence-electron chi connectivity index (χ4n) is 2.03. The molecule has 1 aromatic rings. The van der Waals surface area contributed by atoms with E-state index in [1.165, 1.54) is 37.0 Å². The molecule has 2 aliphatic carbocycles. The van der Waals surface area contributed by atoms with Crippen molar-refractivity contribution in [2.45, 2.75) is 29.9 Å². The van der Waals surface area contributed by atoms with Gasteiger partial charge in [-0.05, 0) is 64.9 Å². The highest BCUT2D eigenvalue weighted by molar-refractivity contribution is 9.10. The molecule has 0 spiro atoms. The average molecular weight is 350 g/mol. The number of nitrogens with zero attached hydrogens (tertiary/aromatic N) is 1. The lowest BCUT2D eigenvalue weighted by Gasteiger charge is -2.21. The first kappa shape index (κ1) is 13.1. The molecule has 0 atom stereocenters. The maximum atomic E-state index is 12.6. The van der Waals surface area contributed by atoms with E-state index in [1.54, 1.807) is 4.31 Å². The van der Waals surface area contributed by atoms with Crippen LogP contribution in [-0.2, 0) is 10.0 Å². The standard InChI is InChI=1S/C12H16BrNO2S2/c13-11-5-6-17-12(11)18(15,16)14(7-9-1-2-9)8-10-3-4-10/h5-6,9-10H,1-4,7-8H2. The fraction of sp³-hybridized carbons (Fsp3) is 0.667. The molecule has 0 bridgehead atoms. The van der Waals surface area contributed by atoms with Crippen LogP contribution < -0.4 is 0 Å². The number of hydrogen-bond donors (Lipinski definition) is 0. The molecular weight excluding hydrogens is 334 g/mol. The summed E-state index contributed by atoms with van der Waals surface area (Å²) in [4.78, 5) is 0. The van der Waals surface area contributed by atoms with Gasteiger partial charge in [0, 0.05) is 17.6 Å². The van der Waals surface area contributed by atoms with E-state index in [9.17, 15) is 8.42 Å². The van der Waals surface area contributed by atoms with E-state index in [0.29, 0.717) is 33.6 Å². The quantitative estimate of drug-likeness (QED) is 0.789. The van der Waals surface area contributed by atoms with Crippen LogP contribution >= 0.6 is 27.3 Å². The topological polar surface area (TPSA) is 37.4 Å². The van der Waals surface area contributed by atoms with Gasteiger partial charge in [0.05, 0.1) is 0 Å². The van der Waals surface area contributed by atoms with Gasteiger partial charge in [0.1, 0.15) is 4.21 Å². The molecule has 0 amide bonds. The van der Waals surface area contributed by atoms with E-state index in [4.69, 9.17) is 0 Å². The Morgan fingerprint density at radius 2 is 1.78 bits per heavy atom. The Hall–Kier alpha value is 0.0900. The van der Waals surface area contributed by atoms with Crippen LogP contribution in [0.25, 0.3) is 0 Å². The van der Waals surface area contributed by atoms with Crippen molar-refractivity contribution in [1.29, 1.82) is 0 Å². The first-order valence-corrected chi connectivity index (χ1v) is 9.42. The Balaban J connectivity index is 1.84. The first-order chi connectivity index (χ1) is 8.57. The second-order valence-electron chi connectivity index (χ2n) is 5.26. The zero-order chi connectivity index (χ0) is 12.8. The molecular formula is C12H16BrNO2S2. The van der Waals surface area contributed by atoms with Gasteiger partial charge in [-0.3, -0.25) is 0 Å². The van der Waals surface area contributed by atoms with Crippen LogP contribution in [0.1, 0.15) is 25.7 Å². The molecule has 0 unspecified atom stereocenters. The Labute approximate surface area is 120 Å². The highest BCUT2D eigenvalue weighted by Gasteiger charge is 2.36. The summed E-state index contributed by atoms with van der Waals surface area (Å²) in [6, 6.07) is 1.81. The molecule has 2 saturated carbocycles. The summed E-state index contributed by atoms with van der Waals surface area (Å²) in [6.45, 7) is 1.42. The van der Waals surface area contributed by atoms with Gasteiger partial charge in [-0.15, -0.1) is 11.3 Å². The third kappa shape index (κ3) is 2.81. The summed E-state index contributed by atoms with van der Waals surface area (Å²) in [6.07, 6.45) is 4.73. The van der Waals surface area contributed by atoms with Crippen LogP contribution in [-0.4, -0.2) is 25.8 Å². The number of rotatable bonds is 6. The third-order valence-corrected chi connectivity index (χ3v) is 7.96. The summed E-state index contributed by atoms with van der Waals surface area (Å²) >= 11 is 4.64. The van der Waals surface area contributed by atoms with Crippen molar-refractivity contribution in [1.82, 2.24) is 4.31 Å². The number of sulfonamides is 1. The van der Waals surface area contributed by atoms with Crippen LogP contribution in [0.4, 0.5) is 0 Å². The zero-order valence-corrected chi connectivity index (χ0v) is 13.2. The summed E-state index contributed by atoms with van der Waals surface area (Å²) in [7, 11) is -3.29. The molecule has 18 heavy (non-hydrogen) atoms. The van der Waals surface area contributed by atoms with Gasteiger partial charge >= 0.3 is 0 Å². The van der Waals surface area contributed by atoms with E-state index < -0.39 is 10.0 Å². The number of thiophene rings is 1. The summed E-state index contributed by atoms with van der Waals surface area (Å²) in [5.74, 6) is 1.19. The van der Waals surface area contributed by atoms with Gasteiger partial charge in [-0.2, -0.15) is 4.31 Å². The predicted molar refractivity (Wildman–Crippen MR) is 76.2 cm³/mol. The van der Waals surface area contributed by atoms with Crippen molar-refractivity contribution in [3.05, 3.63) is 15.9 Å². The van der Waals surface area contributed by atoms with E-state index in [1.807, 2.05) is 11.4 Å². The fourth-order valence-corrected chi connectivity index (χ4v) is 6.07. The minimum absolute atomic E-state index is 0.462. The van der Waals surface area contributed by atoms with Crippen molar-refractivity contribution in [3.63, 3.8) is 0 Å². The van der Waals surface area contributed by atoms with Crippen molar-refractivity contribution in [2.24, 2.45) is 11.8 Å². The molecule has 3 rings (SSSR count). The molecule has 2 aliphatic rings. The normalized spacial score (nSPS) is 20.6. The first-order valence-electron chi connectivity index (χ1n) is 6.30. The Morgan fingerprint density at radius 3 is 2.17 bits per heavy atom. The largest absolute Gasteiger partial charge is 0.253 e. The maximum Gasteiger partial charge on any atom is 0.253 e. The molecule has 2 fully saturated rings. The predicted octanol–water partition coefficient (Wildman–Crippen LogP) is 3.32. The van der Waals surface area contributed by atoms with E-state index in [2.05, 4.69) is 15.9 Å². The van der Waals surface area contributed by atoms with Crippen LogP contribution in [0.3, 0.4) is 0 Å². The smallest absolute Gasteiger partial charge is 0.206 e. The second-order valence-corrected chi connectivity index (χ2v) is 9.17. The molecule has 1 heterocycles. The van der Waals surface area contributed by atoms with E-state index in [-0.39, 0.29) is 0 Å². The summed E-state index contributed by atoms with van der Waals surface area (Å²) < 4.78 is 28.2. The van der Waals surface area contributed by atoms with Crippen LogP contribution in [0.15, 0.2) is 20.1 Å². The lowest BCUT2D eigenvalue weighted by molar-refractivity contribution is 0.383. The Kier molecular flexibility index (Phi) is 3.55. The Bertz CT molecular complexity index is 518. The summed E-state index contributed by atoms with van der Waals surface area (Å²) in [5.41, 5.74) is 0. The minimum atomic E-state index is -3.29. The van der Waals surface area contributed by atoms with Crippen LogP contribution in [0.2, 0.25) is 0 Å².